The van der Waals surface area contributed by atoms with Crippen molar-refractivity contribution < 1.29 is 4.79 Å². The zero-order valence-electron chi connectivity index (χ0n) is 13.8. The lowest BCUT2D eigenvalue weighted by Gasteiger charge is -2.28. The molecule has 0 aliphatic carbocycles. The van der Waals surface area contributed by atoms with E-state index in [9.17, 15) is 4.79 Å². The molecule has 2 rings (SSSR count). The van der Waals surface area contributed by atoms with Gasteiger partial charge in [-0.15, -0.1) is 0 Å². The van der Waals surface area contributed by atoms with E-state index < -0.39 is 0 Å². The molecule has 1 aromatic rings. The molecule has 0 bridgehead atoms. The van der Waals surface area contributed by atoms with Crippen molar-refractivity contribution in [3.05, 3.63) is 35.4 Å². The minimum atomic E-state index is -0.0166. The number of nitrogens with zero attached hydrogens (tertiary/aromatic N) is 1. The highest BCUT2D eigenvalue weighted by Crippen LogP contribution is 2.26. The van der Waals surface area contributed by atoms with Gasteiger partial charge in [-0.05, 0) is 43.4 Å². The highest BCUT2D eigenvalue weighted by atomic mass is 16.2. The number of likely N-dealkylation sites (N-methyl/N-ethyl adjacent to an activating group) is 1. The fourth-order valence-electron chi connectivity index (χ4n) is 3.03. The van der Waals surface area contributed by atoms with Gasteiger partial charge >= 0.3 is 0 Å². The number of carbonyl (C=O) groups excluding carboxylic acids is 1. The Morgan fingerprint density at radius 3 is 2.62 bits per heavy atom. The van der Waals surface area contributed by atoms with Crippen molar-refractivity contribution in [3.8, 4) is 0 Å². The summed E-state index contributed by atoms with van der Waals surface area (Å²) in [5.41, 5.74) is 1.97. The van der Waals surface area contributed by atoms with E-state index in [2.05, 4.69) is 39.1 Å². The highest BCUT2D eigenvalue weighted by Gasteiger charge is 2.26. The summed E-state index contributed by atoms with van der Waals surface area (Å²) >= 11 is 0. The Kier molecular flexibility index (Phi) is 5.04. The van der Waals surface area contributed by atoms with Gasteiger partial charge in [-0.1, -0.05) is 39.0 Å². The lowest BCUT2D eigenvalue weighted by Crippen LogP contribution is -2.41. The van der Waals surface area contributed by atoms with E-state index in [-0.39, 0.29) is 11.3 Å². The number of amides is 1. The quantitative estimate of drug-likeness (QED) is 0.923. The molecule has 1 aliphatic rings. The molecule has 1 saturated heterocycles. The average Bonchev–Trinajstić information content (AvgIpc) is 2.96. The predicted octanol–water partition coefficient (Wildman–Crippen LogP) is 3.20. The Bertz CT molecular complexity index is 484. The smallest absolute Gasteiger partial charge is 0.254 e. The maximum absolute atomic E-state index is 12.9. The molecule has 1 heterocycles. The van der Waals surface area contributed by atoms with Crippen LogP contribution < -0.4 is 5.32 Å². The van der Waals surface area contributed by atoms with E-state index in [4.69, 9.17) is 0 Å². The molecule has 0 saturated carbocycles. The summed E-state index contributed by atoms with van der Waals surface area (Å²) in [5.74, 6) is 0.164. The number of rotatable bonds is 4. The first-order valence-electron chi connectivity index (χ1n) is 8.05. The number of nitrogens with one attached hydrogen (secondary N) is 1. The Hall–Kier alpha value is -1.35. The van der Waals surface area contributed by atoms with Crippen molar-refractivity contribution in [1.82, 2.24) is 10.2 Å². The summed E-state index contributed by atoms with van der Waals surface area (Å²) in [7, 11) is 0. The molecule has 1 aromatic carbocycles. The van der Waals surface area contributed by atoms with Crippen LogP contribution in [0.5, 0.6) is 0 Å². The van der Waals surface area contributed by atoms with E-state index >= 15 is 0 Å². The summed E-state index contributed by atoms with van der Waals surface area (Å²) in [4.78, 5) is 14.9. The first-order valence-corrected chi connectivity index (χ1v) is 8.05. The Morgan fingerprint density at radius 2 is 2.05 bits per heavy atom. The summed E-state index contributed by atoms with van der Waals surface area (Å²) in [6, 6.07) is 8.48. The molecule has 0 spiro atoms. The lowest BCUT2D eigenvalue weighted by molar-refractivity contribution is 0.0748. The van der Waals surface area contributed by atoms with E-state index in [1.165, 1.54) is 12.8 Å². The molecule has 0 radical (unpaired) electrons. The van der Waals surface area contributed by atoms with Gasteiger partial charge in [0.2, 0.25) is 0 Å². The van der Waals surface area contributed by atoms with Crippen LogP contribution in [0.1, 0.15) is 56.5 Å². The monoisotopic (exact) mass is 288 g/mol. The van der Waals surface area contributed by atoms with Gasteiger partial charge in [0.05, 0.1) is 0 Å². The van der Waals surface area contributed by atoms with Crippen LogP contribution in [0.15, 0.2) is 24.3 Å². The third-order valence-electron chi connectivity index (χ3n) is 4.24. The normalized spacial score (nSPS) is 18.8. The van der Waals surface area contributed by atoms with Crippen LogP contribution in [0.2, 0.25) is 0 Å². The largest absolute Gasteiger partial charge is 0.337 e. The Labute approximate surface area is 128 Å². The van der Waals surface area contributed by atoms with Crippen LogP contribution in [0, 0.1) is 0 Å². The van der Waals surface area contributed by atoms with E-state index in [1.807, 2.05) is 23.1 Å². The summed E-state index contributed by atoms with van der Waals surface area (Å²) < 4.78 is 0. The van der Waals surface area contributed by atoms with Crippen LogP contribution in [0.4, 0.5) is 0 Å². The van der Waals surface area contributed by atoms with Gasteiger partial charge in [0.15, 0.2) is 0 Å². The molecule has 21 heavy (non-hydrogen) atoms. The second kappa shape index (κ2) is 6.61. The highest BCUT2D eigenvalue weighted by molar-refractivity contribution is 5.96. The number of hydrogen-bond donors (Lipinski definition) is 1. The topological polar surface area (TPSA) is 32.3 Å². The maximum atomic E-state index is 12.9. The molecule has 116 valence electrons. The van der Waals surface area contributed by atoms with Crippen LogP contribution in [0.3, 0.4) is 0 Å². The second-order valence-electron chi connectivity index (χ2n) is 6.93. The summed E-state index contributed by atoms with van der Waals surface area (Å²) in [6.45, 7) is 11.2. The summed E-state index contributed by atoms with van der Waals surface area (Å²) in [6.07, 6.45) is 2.39. The van der Waals surface area contributed by atoms with Crippen LogP contribution in [0.25, 0.3) is 0 Å². The Morgan fingerprint density at radius 1 is 1.33 bits per heavy atom. The maximum Gasteiger partial charge on any atom is 0.254 e. The van der Waals surface area contributed by atoms with Gasteiger partial charge in [-0.2, -0.15) is 0 Å². The third kappa shape index (κ3) is 3.85. The molecular weight excluding hydrogens is 260 g/mol. The second-order valence-corrected chi connectivity index (χ2v) is 6.93. The molecule has 1 atom stereocenters. The Balaban J connectivity index is 2.21. The molecule has 1 fully saturated rings. The minimum absolute atomic E-state index is 0.0166. The number of carbonyl (C=O) groups is 1. The zero-order valence-corrected chi connectivity index (χ0v) is 13.8. The van der Waals surface area contributed by atoms with E-state index in [1.54, 1.807) is 0 Å². The van der Waals surface area contributed by atoms with Gasteiger partial charge in [0.1, 0.15) is 0 Å². The first kappa shape index (κ1) is 16.0. The van der Waals surface area contributed by atoms with Crippen LogP contribution in [-0.2, 0) is 5.41 Å². The predicted molar refractivity (Wildman–Crippen MR) is 87.7 cm³/mol. The van der Waals surface area contributed by atoms with E-state index in [0.717, 1.165) is 30.8 Å². The molecule has 1 N–H and O–H groups in total. The fourth-order valence-corrected chi connectivity index (χ4v) is 3.03. The third-order valence-corrected chi connectivity index (χ3v) is 4.24. The molecule has 1 unspecified atom stereocenters. The van der Waals surface area contributed by atoms with Crippen molar-refractivity contribution in [1.29, 1.82) is 0 Å². The van der Waals surface area contributed by atoms with Crippen molar-refractivity contribution in [2.75, 3.05) is 19.6 Å². The van der Waals surface area contributed by atoms with Gasteiger partial charge in [0.25, 0.3) is 5.91 Å². The van der Waals surface area contributed by atoms with E-state index in [0.29, 0.717) is 6.04 Å². The van der Waals surface area contributed by atoms with Gasteiger partial charge in [-0.25, -0.2) is 0 Å². The standard InChI is InChI=1S/C18H28N2O/c1-5-20(13-14-9-8-12-19-14)17(21)15-10-6-7-11-16(15)18(2,3)4/h6-7,10-11,14,19H,5,8-9,12-13H2,1-4H3. The van der Waals surface area contributed by atoms with Crippen LogP contribution >= 0.6 is 0 Å². The van der Waals surface area contributed by atoms with Crippen molar-refractivity contribution >= 4 is 5.91 Å². The average molecular weight is 288 g/mol. The number of benzene rings is 1. The number of hydrogen-bond acceptors (Lipinski definition) is 2. The van der Waals surface area contributed by atoms with Gasteiger partial charge < -0.3 is 10.2 Å². The molecule has 3 heteroatoms. The van der Waals surface area contributed by atoms with Crippen molar-refractivity contribution in [2.45, 2.75) is 52.0 Å². The lowest BCUT2D eigenvalue weighted by atomic mass is 9.83. The molecular formula is C18H28N2O. The summed E-state index contributed by atoms with van der Waals surface area (Å²) in [5, 5.41) is 3.48. The van der Waals surface area contributed by atoms with Gasteiger partial charge in [0, 0.05) is 24.7 Å². The minimum Gasteiger partial charge on any atom is -0.337 e. The van der Waals surface area contributed by atoms with Gasteiger partial charge in [-0.3, -0.25) is 4.79 Å². The first-order chi connectivity index (χ1) is 9.93. The fraction of sp³-hybridized carbons (Fsp3) is 0.611. The van der Waals surface area contributed by atoms with Crippen LogP contribution in [-0.4, -0.2) is 36.5 Å². The van der Waals surface area contributed by atoms with Crippen molar-refractivity contribution in [3.63, 3.8) is 0 Å². The molecule has 1 amide bonds. The molecule has 0 aromatic heterocycles. The van der Waals surface area contributed by atoms with Crippen molar-refractivity contribution in [2.24, 2.45) is 0 Å². The SMILES string of the molecule is CCN(CC1CCCN1)C(=O)c1ccccc1C(C)(C)C. The molecule has 1 aliphatic heterocycles. The molecule has 3 nitrogen and oxygen atoms in total. The zero-order chi connectivity index (χ0) is 15.5.